The lowest BCUT2D eigenvalue weighted by molar-refractivity contribution is 1.17. The summed E-state index contributed by atoms with van der Waals surface area (Å²) in [6.07, 6.45) is 0. The molecule has 0 saturated heterocycles. The molecule has 1 heterocycles. The Labute approximate surface area is 315 Å². The van der Waals surface area contributed by atoms with E-state index in [2.05, 4.69) is 217 Å². The van der Waals surface area contributed by atoms with E-state index in [1.807, 2.05) is 0 Å². The quantitative estimate of drug-likeness (QED) is 0.158. The SMILES string of the molecule is Cc1ccc(-c2c3ccccc3c(-c3ccc(C)cc3)c3cc(N(c4ccccc4)c4ccc(-n5c6ccccc6c6ccccc65)cc4)ccc23)cc1. The van der Waals surface area contributed by atoms with Crippen molar-refractivity contribution in [2.24, 2.45) is 0 Å². The van der Waals surface area contributed by atoms with E-state index in [1.165, 1.54) is 76.7 Å². The normalized spacial score (nSPS) is 11.5. The number of nitrogens with zero attached hydrogens (tertiary/aromatic N) is 2. The number of aromatic nitrogens is 1. The van der Waals surface area contributed by atoms with Crippen molar-refractivity contribution in [2.45, 2.75) is 13.8 Å². The molecule has 0 saturated carbocycles. The second kappa shape index (κ2) is 12.9. The van der Waals surface area contributed by atoms with Gasteiger partial charge in [0.1, 0.15) is 0 Å². The first-order valence-corrected chi connectivity index (χ1v) is 18.7. The molecule has 0 aliphatic heterocycles. The highest BCUT2D eigenvalue weighted by Crippen LogP contribution is 2.46. The minimum Gasteiger partial charge on any atom is -0.310 e. The molecule has 0 fully saturated rings. The molecule has 1 aromatic heterocycles. The minimum atomic E-state index is 1.10. The second-order valence-corrected chi connectivity index (χ2v) is 14.3. The van der Waals surface area contributed by atoms with E-state index >= 15 is 0 Å². The Morgan fingerprint density at radius 2 is 0.759 bits per heavy atom. The van der Waals surface area contributed by atoms with Crippen molar-refractivity contribution in [3.8, 4) is 27.9 Å². The maximum absolute atomic E-state index is 2.41. The Balaban J connectivity index is 1.20. The number of aryl methyl sites for hydroxylation is 2. The van der Waals surface area contributed by atoms with Crippen LogP contribution in [0, 0.1) is 13.8 Å². The van der Waals surface area contributed by atoms with E-state index in [0.717, 1.165) is 22.7 Å². The number of hydrogen-bond donors (Lipinski definition) is 0. The number of rotatable bonds is 6. The van der Waals surface area contributed by atoms with Crippen LogP contribution in [-0.4, -0.2) is 4.57 Å². The first-order chi connectivity index (χ1) is 26.6. The van der Waals surface area contributed by atoms with Gasteiger partial charge < -0.3 is 9.47 Å². The summed E-state index contributed by atoms with van der Waals surface area (Å²) in [4.78, 5) is 2.38. The molecule has 0 aliphatic carbocycles. The summed E-state index contributed by atoms with van der Waals surface area (Å²) in [7, 11) is 0. The Bertz CT molecular complexity index is 2920. The average Bonchev–Trinajstić information content (AvgIpc) is 3.56. The van der Waals surface area contributed by atoms with Gasteiger partial charge in [0.05, 0.1) is 11.0 Å². The number of anilines is 3. The Hall–Kier alpha value is -6.90. The molecule has 0 aliphatic rings. The van der Waals surface area contributed by atoms with Gasteiger partial charge in [0.25, 0.3) is 0 Å². The molecule has 2 heteroatoms. The summed E-state index contributed by atoms with van der Waals surface area (Å²) < 4.78 is 2.38. The molecule has 0 bridgehead atoms. The Morgan fingerprint density at radius 1 is 0.333 bits per heavy atom. The number of fused-ring (bicyclic) bond motifs is 5. The van der Waals surface area contributed by atoms with Crippen LogP contribution in [-0.2, 0) is 0 Å². The van der Waals surface area contributed by atoms with Gasteiger partial charge in [-0.2, -0.15) is 0 Å². The van der Waals surface area contributed by atoms with E-state index in [-0.39, 0.29) is 0 Å². The number of benzene rings is 9. The summed E-state index contributed by atoms with van der Waals surface area (Å²) in [5.74, 6) is 0. The zero-order chi connectivity index (χ0) is 36.2. The summed E-state index contributed by atoms with van der Waals surface area (Å²) in [5, 5.41) is 7.52. The Morgan fingerprint density at radius 3 is 1.31 bits per heavy atom. The second-order valence-electron chi connectivity index (χ2n) is 14.3. The molecule has 10 rings (SSSR count). The van der Waals surface area contributed by atoms with Gasteiger partial charge in [0.15, 0.2) is 0 Å². The Kier molecular flexibility index (Phi) is 7.63. The lowest BCUT2D eigenvalue weighted by Crippen LogP contribution is -2.10. The number of hydrogen-bond acceptors (Lipinski definition) is 1. The summed E-state index contributed by atoms with van der Waals surface area (Å²) in [6.45, 7) is 4.31. The van der Waals surface area contributed by atoms with Crippen LogP contribution in [0.4, 0.5) is 17.1 Å². The number of para-hydroxylation sites is 3. The highest BCUT2D eigenvalue weighted by Gasteiger charge is 2.20. The summed E-state index contributed by atoms with van der Waals surface area (Å²) >= 11 is 0. The lowest BCUT2D eigenvalue weighted by Gasteiger charge is -2.27. The molecule has 256 valence electrons. The van der Waals surface area contributed by atoms with Crippen molar-refractivity contribution in [1.29, 1.82) is 0 Å². The predicted molar refractivity (Wildman–Crippen MR) is 231 cm³/mol. The van der Waals surface area contributed by atoms with E-state index in [0.29, 0.717) is 0 Å². The molecule has 0 radical (unpaired) electrons. The van der Waals surface area contributed by atoms with Crippen LogP contribution in [0.15, 0.2) is 194 Å². The molecule has 0 amide bonds. The zero-order valence-electron chi connectivity index (χ0n) is 30.4. The largest absolute Gasteiger partial charge is 0.310 e. The van der Waals surface area contributed by atoms with Gasteiger partial charge in [-0.05, 0) is 118 Å². The van der Waals surface area contributed by atoms with Crippen molar-refractivity contribution in [3.05, 3.63) is 205 Å². The standard InChI is InChI=1S/C52H38N2/c1-35-20-24-37(25-21-35)51-45-16-6-7-17-46(45)52(38-26-22-36(2)23-27-38)48-34-42(32-33-47(48)51)53(39-12-4-3-5-13-39)40-28-30-41(31-29-40)54-49-18-10-8-14-43(49)44-15-9-11-19-50(44)54/h3-34H,1-2H3. The van der Waals surface area contributed by atoms with Crippen LogP contribution in [0.3, 0.4) is 0 Å². The van der Waals surface area contributed by atoms with Crippen molar-refractivity contribution < 1.29 is 0 Å². The summed E-state index contributed by atoms with van der Waals surface area (Å²) in [6, 6.07) is 71.1. The molecule has 0 atom stereocenters. The highest BCUT2D eigenvalue weighted by atomic mass is 15.1. The maximum atomic E-state index is 2.41. The lowest BCUT2D eigenvalue weighted by atomic mass is 9.85. The van der Waals surface area contributed by atoms with Gasteiger partial charge in [-0.15, -0.1) is 0 Å². The van der Waals surface area contributed by atoms with Gasteiger partial charge in [0, 0.05) is 33.5 Å². The van der Waals surface area contributed by atoms with E-state index in [4.69, 9.17) is 0 Å². The predicted octanol–water partition coefficient (Wildman–Crippen LogP) is 14.5. The van der Waals surface area contributed by atoms with Gasteiger partial charge in [-0.3, -0.25) is 0 Å². The molecule has 54 heavy (non-hydrogen) atoms. The van der Waals surface area contributed by atoms with E-state index < -0.39 is 0 Å². The smallest absolute Gasteiger partial charge is 0.0541 e. The van der Waals surface area contributed by atoms with Crippen LogP contribution in [0.1, 0.15) is 11.1 Å². The van der Waals surface area contributed by atoms with Gasteiger partial charge in [-0.1, -0.05) is 145 Å². The molecule has 2 nitrogen and oxygen atoms in total. The van der Waals surface area contributed by atoms with Gasteiger partial charge in [-0.25, -0.2) is 0 Å². The fourth-order valence-electron chi connectivity index (χ4n) is 8.34. The highest BCUT2D eigenvalue weighted by molar-refractivity contribution is 6.22. The van der Waals surface area contributed by atoms with E-state index in [9.17, 15) is 0 Å². The third-order valence-electron chi connectivity index (χ3n) is 10.9. The fourth-order valence-corrected chi connectivity index (χ4v) is 8.34. The molecule has 0 unspecified atom stereocenters. The fraction of sp³-hybridized carbons (Fsp3) is 0.0385. The van der Waals surface area contributed by atoms with Crippen LogP contribution in [0.2, 0.25) is 0 Å². The maximum Gasteiger partial charge on any atom is 0.0541 e. The van der Waals surface area contributed by atoms with Gasteiger partial charge in [0.2, 0.25) is 0 Å². The third-order valence-corrected chi connectivity index (χ3v) is 10.9. The van der Waals surface area contributed by atoms with Crippen molar-refractivity contribution in [2.75, 3.05) is 4.90 Å². The average molecular weight is 691 g/mol. The molecule has 9 aromatic carbocycles. The van der Waals surface area contributed by atoms with Crippen molar-refractivity contribution >= 4 is 60.4 Å². The van der Waals surface area contributed by atoms with Crippen LogP contribution in [0.5, 0.6) is 0 Å². The molecular formula is C52H38N2. The molecule has 0 N–H and O–H groups in total. The molecule has 10 aromatic rings. The van der Waals surface area contributed by atoms with Crippen molar-refractivity contribution in [1.82, 2.24) is 4.57 Å². The third kappa shape index (κ3) is 5.26. The zero-order valence-corrected chi connectivity index (χ0v) is 30.4. The summed E-state index contributed by atoms with van der Waals surface area (Å²) in [5.41, 5.74) is 14.4. The minimum absolute atomic E-state index is 1.10. The van der Waals surface area contributed by atoms with Crippen LogP contribution >= 0.6 is 0 Å². The van der Waals surface area contributed by atoms with Crippen LogP contribution < -0.4 is 4.90 Å². The molecule has 0 spiro atoms. The first-order valence-electron chi connectivity index (χ1n) is 18.7. The molecular weight excluding hydrogens is 653 g/mol. The van der Waals surface area contributed by atoms with Crippen molar-refractivity contribution in [3.63, 3.8) is 0 Å². The monoisotopic (exact) mass is 690 g/mol. The first kappa shape index (κ1) is 31.8. The van der Waals surface area contributed by atoms with E-state index in [1.54, 1.807) is 0 Å². The van der Waals surface area contributed by atoms with Gasteiger partial charge >= 0.3 is 0 Å². The van der Waals surface area contributed by atoms with Crippen LogP contribution in [0.25, 0.3) is 71.3 Å². The topological polar surface area (TPSA) is 8.17 Å².